The minimum Gasteiger partial charge on any atom is -0.321 e. The van der Waals surface area contributed by atoms with Crippen molar-refractivity contribution in [2.75, 3.05) is 21.4 Å². The highest BCUT2D eigenvalue weighted by atomic mass is 15.4. The van der Waals surface area contributed by atoms with Gasteiger partial charge in [0.05, 0.1) is 28.1 Å². The Hall–Kier alpha value is -8.41. The van der Waals surface area contributed by atoms with E-state index in [9.17, 15) is 0 Å². The van der Waals surface area contributed by atoms with Crippen molar-refractivity contribution in [2.24, 2.45) is 0 Å². The molecule has 298 valence electrons. The maximum Gasteiger partial charge on any atom is 0.137 e. The van der Waals surface area contributed by atoms with E-state index in [0.717, 1.165) is 39.6 Å². The van der Waals surface area contributed by atoms with Crippen LogP contribution in [0.4, 0.5) is 39.8 Å². The lowest BCUT2D eigenvalue weighted by Crippen LogP contribution is -2.25. The number of hydrogen-bond acceptors (Lipinski definition) is 4. The molecule has 0 fully saturated rings. The Morgan fingerprint density at radius 1 is 0.397 bits per heavy atom. The smallest absolute Gasteiger partial charge is 0.137 e. The highest BCUT2D eigenvalue weighted by molar-refractivity contribution is 6.11. The summed E-state index contributed by atoms with van der Waals surface area (Å²) in [6.45, 7) is 0.623. The van der Waals surface area contributed by atoms with Crippen LogP contribution in [0.5, 0.6) is 0 Å². The molecule has 9 aromatic carbocycles. The molecule has 63 heavy (non-hydrogen) atoms. The van der Waals surface area contributed by atoms with Crippen molar-refractivity contribution in [1.29, 1.82) is 0 Å². The number of nitrogens with zero attached hydrogens (tertiary/aromatic N) is 5. The summed E-state index contributed by atoms with van der Waals surface area (Å²) in [4.78, 5) is 12.2. The van der Waals surface area contributed by atoms with Crippen LogP contribution in [0.2, 0.25) is 0 Å². The molecule has 0 atom stereocenters. The first-order valence-corrected chi connectivity index (χ1v) is 21.5. The molecular formula is C58H41N5. The molecule has 1 aliphatic rings. The first kappa shape index (κ1) is 36.4. The summed E-state index contributed by atoms with van der Waals surface area (Å²) in [5.41, 5.74) is 14.9. The van der Waals surface area contributed by atoms with Gasteiger partial charge in [0.25, 0.3) is 0 Å². The van der Waals surface area contributed by atoms with E-state index in [0.29, 0.717) is 6.67 Å². The first-order chi connectivity index (χ1) is 31.3. The zero-order valence-electron chi connectivity index (χ0n) is 34.5. The topological polar surface area (TPSA) is 27.5 Å². The summed E-state index contributed by atoms with van der Waals surface area (Å²) >= 11 is 0. The van der Waals surface area contributed by atoms with Crippen molar-refractivity contribution < 1.29 is 0 Å². The summed E-state index contributed by atoms with van der Waals surface area (Å²) in [5.74, 6) is 0.892. The molecular weight excluding hydrogens is 767 g/mol. The molecule has 3 heterocycles. The quantitative estimate of drug-likeness (QED) is 0.153. The van der Waals surface area contributed by atoms with Gasteiger partial charge in [-0.15, -0.1) is 0 Å². The molecule has 0 spiro atoms. The van der Waals surface area contributed by atoms with E-state index < -0.39 is 0 Å². The third kappa shape index (κ3) is 6.21. The predicted molar refractivity (Wildman–Crippen MR) is 264 cm³/mol. The van der Waals surface area contributed by atoms with Crippen LogP contribution < -0.4 is 14.7 Å². The number of para-hydroxylation sites is 3. The van der Waals surface area contributed by atoms with E-state index in [4.69, 9.17) is 4.98 Å². The van der Waals surface area contributed by atoms with E-state index in [1.807, 2.05) is 12.3 Å². The largest absolute Gasteiger partial charge is 0.321 e. The molecule has 0 radical (unpaired) electrons. The maximum absolute atomic E-state index is 4.82. The molecule has 0 amide bonds. The number of aromatic nitrogens is 2. The van der Waals surface area contributed by atoms with Crippen LogP contribution >= 0.6 is 0 Å². The van der Waals surface area contributed by atoms with Crippen molar-refractivity contribution in [2.45, 2.75) is 0 Å². The fourth-order valence-electron chi connectivity index (χ4n) is 9.63. The average Bonchev–Trinajstić information content (AvgIpc) is 3.91. The van der Waals surface area contributed by atoms with E-state index in [-0.39, 0.29) is 0 Å². The Balaban J connectivity index is 1.04. The van der Waals surface area contributed by atoms with Crippen LogP contribution in [0.15, 0.2) is 237 Å². The van der Waals surface area contributed by atoms with Crippen molar-refractivity contribution in [3.63, 3.8) is 0 Å². The molecule has 12 rings (SSSR count). The van der Waals surface area contributed by atoms with E-state index in [2.05, 4.69) is 244 Å². The number of fused-ring (bicyclic) bond motifs is 6. The number of hydrogen-bond donors (Lipinski definition) is 0. The Kier molecular flexibility index (Phi) is 8.82. The lowest BCUT2D eigenvalue weighted by Gasteiger charge is -2.29. The Morgan fingerprint density at radius 3 is 1.76 bits per heavy atom. The minimum absolute atomic E-state index is 0.623. The normalized spacial score (nSPS) is 12.3. The van der Waals surface area contributed by atoms with Crippen molar-refractivity contribution in [3.8, 4) is 28.1 Å². The number of anilines is 7. The lowest BCUT2D eigenvalue weighted by atomic mass is 9.94. The summed E-state index contributed by atoms with van der Waals surface area (Å²) in [7, 11) is 0. The molecule has 0 saturated heterocycles. The second-order valence-electron chi connectivity index (χ2n) is 16.0. The molecule has 2 aromatic heterocycles. The van der Waals surface area contributed by atoms with Crippen LogP contribution in [-0.4, -0.2) is 16.2 Å². The minimum atomic E-state index is 0.623. The van der Waals surface area contributed by atoms with Crippen molar-refractivity contribution in [3.05, 3.63) is 237 Å². The Labute approximate surface area is 366 Å². The second-order valence-corrected chi connectivity index (χ2v) is 16.0. The Morgan fingerprint density at radius 2 is 1.02 bits per heavy atom. The van der Waals surface area contributed by atoms with Gasteiger partial charge in [0, 0.05) is 56.2 Å². The molecule has 1 aliphatic heterocycles. The monoisotopic (exact) mass is 807 g/mol. The van der Waals surface area contributed by atoms with Gasteiger partial charge in [0.1, 0.15) is 12.5 Å². The van der Waals surface area contributed by atoms with Gasteiger partial charge in [-0.2, -0.15) is 0 Å². The van der Waals surface area contributed by atoms with Crippen LogP contribution in [0.1, 0.15) is 0 Å². The molecule has 0 bridgehead atoms. The highest BCUT2D eigenvalue weighted by Crippen LogP contribution is 2.53. The van der Waals surface area contributed by atoms with Gasteiger partial charge in [-0.25, -0.2) is 4.98 Å². The van der Waals surface area contributed by atoms with Gasteiger partial charge in [0.2, 0.25) is 0 Å². The van der Waals surface area contributed by atoms with Crippen LogP contribution in [-0.2, 0) is 0 Å². The van der Waals surface area contributed by atoms with Crippen LogP contribution in [0.3, 0.4) is 0 Å². The third-order valence-electron chi connectivity index (χ3n) is 12.4. The zero-order chi connectivity index (χ0) is 41.7. The standard InChI is InChI=1S/C58H41N5/c1-4-18-41(19-5-1)48-29-17-30-49(42-20-6-2-7-21-42)57(48)61-40-60(54-36-33-43-22-10-11-27-50(43)58(54)61)45-25-16-26-46(38-45)62(44-23-8-3-9-24-44)47-34-35-52-51-28-12-13-31-53(51)63(55(52)39-47)56-32-14-15-37-59-56/h1-39H,40H2. The number of rotatable bonds is 8. The molecule has 0 unspecified atom stereocenters. The first-order valence-electron chi connectivity index (χ1n) is 21.5. The number of benzene rings is 9. The SMILES string of the molecule is c1ccc(-c2cccc(-c3ccccc3)c2N2CN(c3cccc(N(c4ccccc4)c4ccc5c6ccccc6n(-c6ccccn6)c5c4)c3)c3ccc4ccccc4c32)cc1. The zero-order valence-corrected chi connectivity index (χ0v) is 34.5. The molecule has 0 N–H and O–H groups in total. The van der Waals surface area contributed by atoms with Crippen molar-refractivity contribution in [1.82, 2.24) is 9.55 Å². The lowest BCUT2D eigenvalue weighted by molar-refractivity contribution is 0.993. The predicted octanol–water partition coefficient (Wildman–Crippen LogP) is 15.4. The van der Waals surface area contributed by atoms with Gasteiger partial charge in [-0.3, -0.25) is 4.57 Å². The van der Waals surface area contributed by atoms with E-state index in [1.54, 1.807) is 0 Å². The van der Waals surface area contributed by atoms with Crippen LogP contribution in [0, 0.1) is 0 Å². The third-order valence-corrected chi connectivity index (χ3v) is 12.4. The summed E-state index contributed by atoms with van der Waals surface area (Å²) in [6, 6.07) is 82.9. The number of pyridine rings is 1. The second kappa shape index (κ2) is 15.2. The van der Waals surface area contributed by atoms with Crippen molar-refractivity contribution >= 4 is 72.4 Å². The van der Waals surface area contributed by atoms with Crippen LogP contribution in [0.25, 0.3) is 60.6 Å². The highest BCUT2D eigenvalue weighted by Gasteiger charge is 2.33. The van der Waals surface area contributed by atoms with E-state index in [1.165, 1.54) is 60.9 Å². The maximum atomic E-state index is 4.82. The molecule has 5 heteroatoms. The molecule has 0 aliphatic carbocycles. The summed E-state index contributed by atoms with van der Waals surface area (Å²) in [6.07, 6.45) is 1.87. The molecule has 11 aromatic rings. The fourth-order valence-corrected chi connectivity index (χ4v) is 9.63. The van der Waals surface area contributed by atoms with Gasteiger partial charge >= 0.3 is 0 Å². The molecule has 0 saturated carbocycles. The molecule has 5 nitrogen and oxygen atoms in total. The average molecular weight is 808 g/mol. The summed E-state index contributed by atoms with van der Waals surface area (Å²) in [5, 5.41) is 4.82. The summed E-state index contributed by atoms with van der Waals surface area (Å²) < 4.78 is 2.28. The fraction of sp³-hybridized carbons (Fsp3) is 0.0172. The van der Waals surface area contributed by atoms with Gasteiger partial charge in [-0.05, 0) is 83.2 Å². The van der Waals surface area contributed by atoms with Gasteiger partial charge in [-0.1, -0.05) is 164 Å². The van der Waals surface area contributed by atoms with Gasteiger partial charge < -0.3 is 14.7 Å². The van der Waals surface area contributed by atoms with E-state index >= 15 is 0 Å². The van der Waals surface area contributed by atoms with Gasteiger partial charge in [0.15, 0.2) is 0 Å². The Bertz CT molecular complexity index is 3380.